The van der Waals surface area contributed by atoms with E-state index in [9.17, 15) is 9.59 Å². The lowest BCUT2D eigenvalue weighted by Crippen LogP contribution is -2.26. The van der Waals surface area contributed by atoms with E-state index < -0.39 is 0 Å². The van der Waals surface area contributed by atoms with Crippen molar-refractivity contribution >= 4 is 11.9 Å². The van der Waals surface area contributed by atoms with Crippen molar-refractivity contribution < 1.29 is 18.8 Å². The number of hydrogen-bond acceptors (Lipinski definition) is 6. The second-order valence-electron chi connectivity index (χ2n) is 3.64. The summed E-state index contributed by atoms with van der Waals surface area (Å²) in [5.41, 5.74) is 0. The fourth-order valence-corrected chi connectivity index (χ4v) is 1.29. The van der Waals surface area contributed by atoms with E-state index in [0.717, 1.165) is 0 Å². The third-order valence-electron chi connectivity index (χ3n) is 2.09. The van der Waals surface area contributed by atoms with Gasteiger partial charge in [-0.05, 0) is 13.8 Å². The number of aromatic nitrogens is 2. The van der Waals surface area contributed by atoms with Crippen LogP contribution in [0.3, 0.4) is 0 Å². The molecule has 1 heterocycles. The molecule has 0 bridgehead atoms. The zero-order valence-corrected chi connectivity index (χ0v) is 10.6. The largest absolute Gasteiger partial charge is 0.466 e. The van der Waals surface area contributed by atoms with E-state index in [0.29, 0.717) is 24.7 Å². The normalized spacial score (nSPS) is 10.1. The standard InChI is InChI=1S/C11H17N3O4/c1-3-17-11(16)6-7-12-9(15)4-5-10-13-8(2)14-18-10/h3-7H2,1-2H3,(H,12,15). The van der Waals surface area contributed by atoms with Crippen molar-refractivity contribution in [2.24, 2.45) is 0 Å². The number of aryl methyl sites for hydroxylation is 2. The number of esters is 1. The Balaban J connectivity index is 2.12. The van der Waals surface area contributed by atoms with Crippen LogP contribution in [-0.2, 0) is 20.7 Å². The summed E-state index contributed by atoms with van der Waals surface area (Å²) in [5, 5.41) is 6.24. The molecule has 1 rings (SSSR count). The lowest BCUT2D eigenvalue weighted by atomic mass is 10.3. The van der Waals surface area contributed by atoms with Gasteiger partial charge >= 0.3 is 5.97 Å². The Bertz CT molecular complexity index is 403. The first kappa shape index (κ1) is 14.1. The summed E-state index contributed by atoms with van der Waals surface area (Å²) in [5.74, 6) is 0.515. The molecule has 0 aliphatic carbocycles. The maximum atomic E-state index is 11.4. The summed E-state index contributed by atoms with van der Waals surface area (Å²) in [6.45, 7) is 4.08. The van der Waals surface area contributed by atoms with Crippen LogP contribution in [0.4, 0.5) is 0 Å². The van der Waals surface area contributed by atoms with Gasteiger partial charge in [0, 0.05) is 19.4 Å². The maximum Gasteiger partial charge on any atom is 0.307 e. The summed E-state index contributed by atoms with van der Waals surface area (Å²) >= 11 is 0. The molecule has 18 heavy (non-hydrogen) atoms. The molecular formula is C11H17N3O4. The van der Waals surface area contributed by atoms with Crippen molar-refractivity contribution in [1.82, 2.24) is 15.5 Å². The summed E-state index contributed by atoms with van der Waals surface area (Å²) in [6.07, 6.45) is 0.829. The zero-order valence-electron chi connectivity index (χ0n) is 10.6. The lowest BCUT2D eigenvalue weighted by Gasteiger charge is -2.03. The second kappa shape index (κ2) is 7.41. The Labute approximate surface area is 105 Å². The quantitative estimate of drug-likeness (QED) is 0.708. The van der Waals surface area contributed by atoms with Crippen LogP contribution in [0, 0.1) is 6.92 Å². The summed E-state index contributed by atoms with van der Waals surface area (Å²) < 4.78 is 9.61. The highest BCUT2D eigenvalue weighted by atomic mass is 16.5. The number of ether oxygens (including phenoxy) is 1. The molecule has 0 aromatic carbocycles. The predicted molar refractivity (Wildman–Crippen MR) is 61.6 cm³/mol. The Kier molecular flexibility index (Phi) is 5.83. The van der Waals surface area contributed by atoms with Crippen LogP contribution < -0.4 is 5.32 Å². The smallest absolute Gasteiger partial charge is 0.307 e. The van der Waals surface area contributed by atoms with Gasteiger partial charge < -0.3 is 14.6 Å². The van der Waals surface area contributed by atoms with E-state index in [1.807, 2.05) is 0 Å². The Hall–Kier alpha value is -1.92. The average molecular weight is 255 g/mol. The Morgan fingerprint density at radius 3 is 2.78 bits per heavy atom. The van der Waals surface area contributed by atoms with Crippen LogP contribution in [0.2, 0.25) is 0 Å². The van der Waals surface area contributed by atoms with Crippen molar-refractivity contribution in [2.75, 3.05) is 13.2 Å². The van der Waals surface area contributed by atoms with Crippen molar-refractivity contribution in [2.45, 2.75) is 33.1 Å². The molecule has 1 aromatic heterocycles. The van der Waals surface area contributed by atoms with Gasteiger partial charge in [-0.2, -0.15) is 4.98 Å². The number of hydrogen-bond donors (Lipinski definition) is 1. The van der Waals surface area contributed by atoms with Gasteiger partial charge in [0.05, 0.1) is 13.0 Å². The molecule has 0 fully saturated rings. The zero-order chi connectivity index (χ0) is 13.4. The molecule has 1 aromatic rings. The number of carbonyl (C=O) groups excluding carboxylic acids is 2. The first-order chi connectivity index (χ1) is 8.61. The van der Waals surface area contributed by atoms with E-state index in [2.05, 4.69) is 15.5 Å². The number of amides is 1. The third-order valence-corrected chi connectivity index (χ3v) is 2.09. The van der Waals surface area contributed by atoms with Crippen LogP contribution in [-0.4, -0.2) is 35.2 Å². The van der Waals surface area contributed by atoms with E-state index in [1.54, 1.807) is 13.8 Å². The van der Waals surface area contributed by atoms with Crippen molar-refractivity contribution in [1.29, 1.82) is 0 Å². The second-order valence-corrected chi connectivity index (χ2v) is 3.64. The van der Waals surface area contributed by atoms with Gasteiger partial charge in [0.1, 0.15) is 0 Å². The van der Waals surface area contributed by atoms with Gasteiger partial charge in [0.2, 0.25) is 11.8 Å². The molecule has 100 valence electrons. The highest BCUT2D eigenvalue weighted by Crippen LogP contribution is 1.99. The molecule has 0 aliphatic rings. The molecule has 1 amide bonds. The monoisotopic (exact) mass is 255 g/mol. The minimum absolute atomic E-state index is 0.157. The van der Waals surface area contributed by atoms with Crippen molar-refractivity contribution in [3.05, 3.63) is 11.7 Å². The predicted octanol–water partition coefficient (Wildman–Crippen LogP) is 0.380. The minimum atomic E-state index is -0.315. The van der Waals surface area contributed by atoms with Gasteiger partial charge in [-0.3, -0.25) is 9.59 Å². The molecule has 0 saturated heterocycles. The lowest BCUT2D eigenvalue weighted by molar-refractivity contribution is -0.143. The average Bonchev–Trinajstić information content (AvgIpc) is 2.73. The van der Waals surface area contributed by atoms with Crippen LogP contribution in [0.15, 0.2) is 4.52 Å². The molecule has 0 aliphatic heterocycles. The van der Waals surface area contributed by atoms with Crippen LogP contribution in [0.5, 0.6) is 0 Å². The SMILES string of the molecule is CCOC(=O)CCNC(=O)CCc1nc(C)no1. The molecule has 0 spiro atoms. The van der Waals surface area contributed by atoms with E-state index in [-0.39, 0.29) is 31.3 Å². The molecule has 0 unspecified atom stereocenters. The fraction of sp³-hybridized carbons (Fsp3) is 0.636. The van der Waals surface area contributed by atoms with Gasteiger partial charge in [-0.25, -0.2) is 0 Å². The molecule has 7 heteroatoms. The van der Waals surface area contributed by atoms with Crippen LogP contribution in [0.1, 0.15) is 31.5 Å². The molecule has 0 atom stereocenters. The van der Waals surface area contributed by atoms with Gasteiger partial charge in [-0.15, -0.1) is 0 Å². The number of carbonyl (C=O) groups is 2. The molecular weight excluding hydrogens is 238 g/mol. The third kappa shape index (κ3) is 5.42. The van der Waals surface area contributed by atoms with E-state index >= 15 is 0 Å². The van der Waals surface area contributed by atoms with Gasteiger partial charge in [0.15, 0.2) is 5.82 Å². The summed E-state index contributed by atoms with van der Waals surface area (Å²) in [7, 11) is 0. The van der Waals surface area contributed by atoms with Gasteiger partial charge in [-0.1, -0.05) is 5.16 Å². The van der Waals surface area contributed by atoms with E-state index in [4.69, 9.17) is 9.26 Å². The highest BCUT2D eigenvalue weighted by molar-refractivity contribution is 5.77. The summed E-state index contributed by atoms with van der Waals surface area (Å²) in [4.78, 5) is 26.4. The van der Waals surface area contributed by atoms with Crippen molar-refractivity contribution in [3.63, 3.8) is 0 Å². The highest BCUT2D eigenvalue weighted by Gasteiger charge is 2.08. The Morgan fingerprint density at radius 2 is 2.17 bits per heavy atom. The fourth-order valence-electron chi connectivity index (χ4n) is 1.29. The number of rotatable bonds is 7. The molecule has 1 N–H and O–H groups in total. The topological polar surface area (TPSA) is 94.3 Å². The number of nitrogens with one attached hydrogen (secondary N) is 1. The molecule has 7 nitrogen and oxygen atoms in total. The first-order valence-corrected chi connectivity index (χ1v) is 5.83. The van der Waals surface area contributed by atoms with Crippen LogP contribution >= 0.6 is 0 Å². The Morgan fingerprint density at radius 1 is 1.39 bits per heavy atom. The first-order valence-electron chi connectivity index (χ1n) is 5.83. The van der Waals surface area contributed by atoms with Crippen LogP contribution in [0.25, 0.3) is 0 Å². The molecule has 0 saturated carbocycles. The molecule has 0 radical (unpaired) electrons. The maximum absolute atomic E-state index is 11.4. The van der Waals surface area contributed by atoms with E-state index in [1.165, 1.54) is 0 Å². The van der Waals surface area contributed by atoms with Crippen molar-refractivity contribution in [3.8, 4) is 0 Å². The number of nitrogens with zero attached hydrogens (tertiary/aromatic N) is 2. The minimum Gasteiger partial charge on any atom is -0.466 e. The van der Waals surface area contributed by atoms with Gasteiger partial charge in [0.25, 0.3) is 0 Å². The summed E-state index contributed by atoms with van der Waals surface area (Å²) in [6, 6.07) is 0.